The van der Waals surface area contributed by atoms with Gasteiger partial charge in [0, 0.05) is 45.2 Å². The van der Waals surface area contributed by atoms with Crippen LogP contribution in [0.4, 0.5) is 0 Å². The predicted molar refractivity (Wildman–Crippen MR) is 136 cm³/mol. The molecule has 0 radical (unpaired) electrons. The average molecular weight is 485 g/mol. The summed E-state index contributed by atoms with van der Waals surface area (Å²) in [5.41, 5.74) is 7.68. The fourth-order valence-corrected chi connectivity index (χ4v) is 5.56. The van der Waals surface area contributed by atoms with Gasteiger partial charge in [0.25, 0.3) is 0 Å². The van der Waals surface area contributed by atoms with Crippen molar-refractivity contribution in [3.8, 4) is 11.5 Å². The van der Waals surface area contributed by atoms with Crippen molar-refractivity contribution in [2.45, 2.75) is 53.4 Å². The third kappa shape index (κ3) is 3.47. The molecule has 0 amide bonds. The quantitative estimate of drug-likeness (QED) is 0.471. The minimum absolute atomic E-state index is 0.263. The van der Waals surface area contributed by atoms with Gasteiger partial charge in [-0.15, -0.1) is 0 Å². The maximum atomic E-state index is 12.1. The van der Waals surface area contributed by atoms with Crippen LogP contribution in [0.1, 0.15) is 93.6 Å². The zero-order valence-corrected chi connectivity index (χ0v) is 21.3. The zero-order valence-electron chi connectivity index (χ0n) is 21.3. The van der Waals surface area contributed by atoms with E-state index in [4.69, 9.17) is 9.47 Å². The smallest absolute Gasteiger partial charge is 0.234 e. The summed E-state index contributed by atoms with van der Waals surface area (Å²) < 4.78 is 11.3. The molecule has 6 nitrogen and oxygen atoms in total. The van der Waals surface area contributed by atoms with Crippen molar-refractivity contribution in [1.29, 1.82) is 0 Å². The molecule has 2 aromatic rings. The van der Waals surface area contributed by atoms with Crippen molar-refractivity contribution in [1.82, 2.24) is 0 Å². The van der Waals surface area contributed by atoms with Crippen molar-refractivity contribution < 1.29 is 28.7 Å². The molecule has 0 saturated carbocycles. The van der Waals surface area contributed by atoms with Crippen molar-refractivity contribution in [2.75, 3.05) is 13.2 Å². The van der Waals surface area contributed by atoms with Crippen LogP contribution in [0.5, 0.6) is 11.5 Å². The Labute approximate surface area is 210 Å². The predicted octanol–water partition coefficient (Wildman–Crippen LogP) is 5.32. The molecule has 0 bridgehead atoms. The molecule has 2 aliphatic heterocycles. The summed E-state index contributed by atoms with van der Waals surface area (Å²) >= 11 is 0. The van der Waals surface area contributed by atoms with E-state index in [1.54, 1.807) is 13.8 Å². The summed E-state index contributed by atoms with van der Waals surface area (Å²) in [5, 5.41) is 0. The van der Waals surface area contributed by atoms with Crippen LogP contribution >= 0.6 is 0 Å². The second kappa shape index (κ2) is 8.40. The number of Topliss-reactive ketones (excluding diaryl/α,β-unsaturated/α-hetero) is 4. The molecule has 0 aromatic heterocycles. The fourth-order valence-electron chi connectivity index (χ4n) is 5.56. The minimum atomic E-state index is -0.392. The first-order chi connectivity index (χ1) is 17.0. The number of rotatable bonds is 0. The summed E-state index contributed by atoms with van der Waals surface area (Å²) in [4.78, 5) is 47.8. The van der Waals surface area contributed by atoms with Gasteiger partial charge in [0.05, 0.1) is 13.2 Å². The van der Waals surface area contributed by atoms with Crippen LogP contribution in [0.3, 0.4) is 0 Å². The van der Waals surface area contributed by atoms with Crippen LogP contribution in [0, 0.1) is 13.8 Å². The molecule has 4 aliphatic rings. The van der Waals surface area contributed by atoms with E-state index in [-0.39, 0.29) is 23.4 Å². The third-order valence-electron chi connectivity index (χ3n) is 7.40. The molecular formula is C30H28O6. The molecule has 0 saturated heterocycles. The lowest BCUT2D eigenvalue weighted by Gasteiger charge is -2.18. The maximum Gasteiger partial charge on any atom is 0.234 e. The van der Waals surface area contributed by atoms with Gasteiger partial charge in [-0.3, -0.25) is 19.2 Å². The van der Waals surface area contributed by atoms with Crippen molar-refractivity contribution >= 4 is 35.3 Å². The van der Waals surface area contributed by atoms with Crippen LogP contribution in [-0.4, -0.2) is 36.3 Å². The second-order valence-electron chi connectivity index (χ2n) is 10.2. The van der Waals surface area contributed by atoms with Crippen LogP contribution in [-0.2, 0) is 9.59 Å². The molecule has 6 rings (SSSR count). The highest BCUT2D eigenvalue weighted by Gasteiger charge is 2.35. The van der Waals surface area contributed by atoms with Crippen LogP contribution in [0.2, 0.25) is 0 Å². The van der Waals surface area contributed by atoms with E-state index in [1.807, 2.05) is 38.1 Å². The number of hydrogen-bond acceptors (Lipinski definition) is 6. The molecule has 2 atom stereocenters. The molecule has 0 fully saturated rings. The highest BCUT2D eigenvalue weighted by molar-refractivity contribution is 6.52. The Morgan fingerprint density at radius 3 is 1.33 bits per heavy atom. The van der Waals surface area contributed by atoms with Gasteiger partial charge in [0.15, 0.2) is 0 Å². The number of aryl methyl sites for hydroxylation is 2. The van der Waals surface area contributed by atoms with Crippen molar-refractivity contribution in [3.05, 3.63) is 67.8 Å². The van der Waals surface area contributed by atoms with E-state index in [1.165, 1.54) is 0 Å². The Hall–Kier alpha value is -3.80. The number of ketones is 4. The zero-order chi connectivity index (χ0) is 26.0. The van der Waals surface area contributed by atoms with Gasteiger partial charge >= 0.3 is 0 Å². The Balaban J connectivity index is 0.000000148. The summed E-state index contributed by atoms with van der Waals surface area (Å²) in [7, 11) is 0. The molecule has 2 aliphatic carbocycles. The van der Waals surface area contributed by atoms with Crippen molar-refractivity contribution in [3.63, 3.8) is 0 Å². The van der Waals surface area contributed by atoms with Gasteiger partial charge < -0.3 is 9.47 Å². The van der Waals surface area contributed by atoms with Gasteiger partial charge in [-0.05, 0) is 74.2 Å². The van der Waals surface area contributed by atoms with Gasteiger partial charge in [-0.1, -0.05) is 13.8 Å². The topological polar surface area (TPSA) is 86.7 Å². The number of ether oxygens (including phenoxy) is 2. The Morgan fingerprint density at radius 1 is 0.611 bits per heavy atom. The normalized spacial score (nSPS) is 21.3. The van der Waals surface area contributed by atoms with Gasteiger partial charge in [0.2, 0.25) is 23.1 Å². The first kappa shape index (κ1) is 23.9. The molecule has 184 valence electrons. The SMILES string of the molecule is CC1=Cc2c(c(C)cc3c2[C@H](C)CO3)C(=O)C1=O.CC1=Cc2c(c(C)cc3c2[C@H](C)CO3)C(=O)C1=O. The average Bonchev–Trinajstić information content (AvgIpc) is 3.38. The molecule has 2 aromatic carbocycles. The largest absolute Gasteiger partial charge is 0.493 e. The number of fused-ring (bicyclic) bond motifs is 6. The van der Waals surface area contributed by atoms with E-state index in [0.29, 0.717) is 35.5 Å². The van der Waals surface area contributed by atoms with Gasteiger partial charge in [-0.2, -0.15) is 0 Å². The van der Waals surface area contributed by atoms with Crippen LogP contribution in [0.25, 0.3) is 12.2 Å². The van der Waals surface area contributed by atoms with E-state index in [9.17, 15) is 19.2 Å². The highest BCUT2D eigenvalue weighted by atomic mass is 16.5. The number of allylic oxidation sites excluding steroid dienone is 2. The third-order valence-corrected chi connectivity index (χ3v) is 7.40. The van der Waals surface area contributed by atoms with E-state index < -0.39 is 11.6 Å². The molecule has 0 N–H and O–H groups in total. The Morgan fingerprint density at radius 2 is 0.972 bits per heavy atom. The molecule has 6 heteroatoms. The van der Waals surface area contributed by atoms with Crippen LogP contribution < -0.4 is 9.47 Å². The standard InChI is InChI=1S/2C15H14O3/c2*1-7-5-11-12(9(3)6-18-11)10-4-8(2)14(16)15(17)13(7)10/h2*4-5,9H,6H2,1-3H3/t2*9-/m11/s1. The number of benzene rings is 2. The number of carbonyl (C=O) groups is 4. The van der Waals surface area contributed by atoms with E-state index >= 15 is 0 Å². The number of carbonyl (C=O) groups excluding carboxylic acids is 4. The molecule has 0 spiro atoms. The molecular weight excluding hydrogens is 456 g/mol. The lowest BCUT2D eigenvalue weighted by molar-refractivity contribution is -0.112. The minimum Gasteiger partial charge on any atom is -0.493 e. The summed E-state index contributed by atoms with van der Waals surface area (Å²) in [6.07, 6.45) is 3.66. The van der Waals surface area contributed by atoms with E-state index in [0.717, 1.165) is 44.9 Å². The van der Waals surface area contributed by atoms with Crippen LogP contribution in [0.15, 0.2) is 23.3 Å². The second-order valence-corrected chi connectivity index (χ2v) is 10.2. The first-order valence-electron chi connectivity index (χ1n) is 12.2. The summed E-state index contributed by atoms with van der Waals surface area (Å²) in [6, 6.07) is 3.74. The van der Waals surface area contributed by atoms with Gasteiger partial charge in [-0.25, -0.2) is 0 Å². The summed E-state index contributed by atoms with van der Waals surface area (Å²) in [5.74, 6) is 0.678. The monoisotopic (exact) mass is 484 g/mol. The fraction of sp³-hybridized carbons (Fsp3) is 0.333. The lowest BCUT2D eigenvalue weighted by Crippen LogP contribution is -2.22. The maximum absolute atomic E-state index is 12.1. The molecule has 2 heterocycles. The van der Waals surface area contributed by atoms with E-state index in [2.05, 4.69) is 13.8 Å². The lowest BCUT2D eigenvalue weighted by atomic mass is 9.82. The molecule has 0 unspecified atom stereocenters. The first-order valence-corrected chi connectivity index (χ1v) is 12.2. The Bertz CT molecular complexity index is 1360. The molecule has 36 heavy (non-hydrogen) atoms. The van der Waals surface area contributed by atoms with Gasteiger partial charge in [0.1, 0.15) is 11.5 Å². The Kier molecular flexibility index (Phi) is 5.58. The number of hydrogen-bond donors (Lipinski definition) is 0. The highest BCUT2D eigenvalue weighted by Crippen LogP contribution is 2.43. The van der Waals surface area contributed by atoms with Crippen molar-refractivity contribution in [2.24, 2.45) is 0 Å². The summed E-state index contributed by atoms with van der Waals surface area (Å²) in [6.45, 7) is 12.5.